The van der Waals surface area contributed by atoms with E-state index < -0.39 is 0 Å². The molecule has 10 aromatic rings. The summed E-state index contributed by atoms with van der Waals surface area (Å²) in [5, 5.41) is 0. The Morgan fingerprint density at radius 1 is 0.257 bits per heavy atom. The molecule has 0 unspecified atom stereocenters. The van der Waals surface area contributed by atoms with Gasteiger partial charge in [0.05, 0.1) is 0 Å². The molecule has 0 N–H and O–H groups in total. The summed E-state index contributed by atoms with van der Waals surface area (Å²) in [6.07, 6.45) is 24.9. The highest BCUT2D eigenvalue weighted by Gasteiger charge is 2.61. The summed E-state index contributed by atoms with van der Waals surface area (Å²) in [6.45, 7) is 45.8. The van der Waals surface area contributed by atoms with Crippen LogP contribution in [-0.4, -0.2) is 42.7 Å². The number of aryl methyl sites for hydroxylation is 5. The van der Waals surface area contributed by atoms with Gasteiger partial charge in [0.1, 0.15) is 11.6 Å². The molecule has 598 valence electrons. The zero-order valence-electron chi connectivity index (χ0n) is 73.0. The topological polar surface area (TPSA) is 42.0 Å². The van der Waals surface area contributed by atoms with E-state index in [1.165, 1.54) is 199 Å². The zero-order chi connectivity index (χ0) is 80.7. The summed E-state index contributed by atoms with van der Waals surface area (Å²) in [4.78, 5) is 21.8. The number of nitrogens with zero attached hydrogens (tertiary/aromatic N) is 7. The highest BCUT2D eigenvalue weighted by atomic mass is 15.2. The van der Waals surface area contributed by atoms with Crippen molar-refractivity contribution in [2.75, 3.05) is 57.2 Å². The van der Waals surface area contributed by atoms with E-state index in [9.17, 15) is 0 Å². The third-order valence-electron chi connectivity index (χ3n) is 26.5. The number of benzene rings is 8. The average Bonchev–Trinajstić information content (AvgIpc) is 1.61. The SMILES string of the molecule is CC.CC.CC.CC.CC.Cc1ccccc1N1CC(C)(C)c2ccccc21.Cc1ccccc1N1CC(C)(C)c2cccnc21.Cc1ccccc1N1CC2(CCCCC2)c2ccccc21.Cc1ccccc1N1CC2(CCCCC2)c2cccnc21.Cc1ccccc1N1CC2(c3ccccc31)C1CC3CC(C1)CC2C3. The Morgan fingerprint density at radius 3 is 0.956 bits per heavy atom. The number of aromatic nitrogens is 2. The van der Waals surface area contributed by atoms with Crippen molar-refractivity contribution in [1.82, 2.24) is 9.97 Å². The third kappa shape index (κ3) is 17.1. The van der Waals surface area contributed by atoms with Gasteiger partial charge in [-0.05, 0) is 221 Å². The molecule has 7 heteroatoms. The highest BCUT2D eigenvalue weighted by Crippen LogP contribution is 2.67. The van der Waals surface area contributed by atoms with E-state index in [4.69, 9.17) is 4.98 Å². The van der Waals surface area contributed by atoms with E-state index in [0.29, 0.717) is 16.2 Å². The first-order valence-corrected chi connectivity index (χ1v) is 44.4. The van der Waals surface area contributed by atoms with E-state index in [0.717, 1.165) is 55.7 Å². The minimum Gasteiger partial charge on any atom is -0.340 e. The average molecular weight is 1510 g/mol. The van der Waals surface area contributed by atoms with Crippen molar-refractivity contribution < 1.29 is 0 Å². The Hall–Kier alpha value is -8.94. The summed E-state index contributed by atoms with van der Waals surface area (Å²) in [6, 6.07) is 79.4. The number of hydrogen-bond acceptors (Lipinski definition) is 7. The summed E-state index contributed by atoms with van der Waals surface area (Å²) in [5.74, 6) is 6.20. The molecule has 6 fully saturated rings. The number of anilines is 10. The van der Waals surface area contributed by atoms with E-state index >= 15 is 0 Å². The standard InChI is InChI=1S/C24H27N.C20H23N.C19H22N2.C17H19N.C16H18N2.5C2H6/c1-16-6-2-4-8-22(16)25-15-24(21-7-3-5-9-23(21)25)19-11-17-10-18(13-19)14-20(24)12-17;1-16-9-3-5-11-18(16)21-15-20(13-7-2-8-14-20)17-10-4-6-12-19(17)21;1-15-8-3-4-10-17(15)21-14-19(11-5-2-6-12-19)16-9-7-13-20-18(16)21;1-13-8-4-6-10-15(13)18-12-17(2,3)14-9-5-7-11-16(14)18;1-12-7-4-5-9-14(12)18-11-16(2,3)13-8-6-10-17-15(13)18;5*1-2/h2-9,17-20H,10-15H2,1H3;3-6,9-12H,2,7-8,13-15H2,1H3;3-4,7-10,13H,2,5-6,11-12,14H2,1H3;4-11H,12H2,1-3H3;4-10H,11H2,1-3H3;5*1-2H3. The van der Waals surface area contributed by atoms with Gasteiger partial charge in [-0.1, -0.05) is 293 Å². The molecule has 0 radical (unpaired) electrons. The summed E-state index contributed by atoms with van der Waals surface area (Å²) < 4.78 is 0. The van der Waals surface area contributed by atoms with Gasteiger partial charge in [-0.25, -0.2) is 9.97 Å². The Morgan fingerprint density at radius 2 is 0.531 bits per heavy atom. The Bertz CT molecular complexity index is 4430. The van der Waals surface area contributed by atoms with Gasteiger partial charge in [-0.15, -0.1) is 0 Å². The molecule has 6 saturated carbocycles. The molecule has 0 saturated heterocycles. The maximum absolute atomic E-state index is 4.73. The van der Waals surface area contributed by atoms with Crippen LogP contribution in [0.5, 0.6) is 0 Å². The first-order chi connectivity index (χ1) is 55.0. The molecule has 113 heavy (non-hydrogen) atoms. The van der Waals surface area contributed by atoms with E-state index in [1.54, 1.807) is 11.1 Å². The molecular formula is C106H139N7. The van der Waals surface area contributed by atoms with Crippen molar-refractivity contribution in [1.29, 1.82) is 0 Å². The van der Waals surface area contributed by atoms with Crippen molar-refractivity contribution in [3.63, 3.8) is 0 Å². The maximum atomic E-state index is 4.73. The fourth-order valence-electron chi connectivity index (χ4n) is 21.6. The summed E-state index contributed by atoms with van der Waals surface area (Å²) in [5.41, 5.74) is 26.8. The van der Waals surface area contributed by atoms with E-state index in [2.05, 4.69) is 304 Å². The Kier molecular flexibility index (Phi) is 28.6. The molecule has 3 spiro atoms. The molecule has 0 atom stereocenters. The fraction of sp³-hybridized carbons (Fsp3) is 0.453. The lowest BCUT2D eigenvalue weighted by Gasteiger charge is -2.60. The van der Waals surface area contributed by atoms with Crippen LogP contribution in [0.1, 0.15) is 249 Å². The van der Waals surface area contributed by atoms with Gasteiger partial charge in [0.25, 0.3) is 0 Å². The minimum absolute atomic E-state index is 0.159. The lowest BCUT2D eigenvalue weighted by molar-refractivity contribution is -0.0529. The van der Waals surface area contributed by atoms with Gasteiger partial charge in [-0.3, -0.25) is 0 Å². The molecule has 6 aliphatic carbocycles. The lowest BCUT2D eigenvalue weighted by atomic mass is 9.44. The molecule has 21 rings (SSSR count). The second-order valence-electron chi connectivity index (χ2n) is 34.0. The van der Waals surface area contributed by atoms with Crippen molar-refractivity contribution in [3.05, 3.63) is 286 Å². The normalized spacial score (nSPS) is 21.3. The largest absolute Gasteiger partial charge is 0.340 e. The second kappa shape index (κ2) is 38.0. The predicted molar refractivity (Wildman–Crippen MR) is 490 cm³/mol. The fourth-order valence-corrected chi connectivity index (χ4v) is 21.6. The van der Waals surface area contributed by atoms with Crippen LogP contribution in [0.3, 0.4) is 0 Å². The molecule has 7 nitrogen and oxygen atoms in total. The minimum atomic E-state index is 0.159. The molecule has 2 aromatic heterocycles. The van der Waals surface area contributed by atoms with Crippen LogP contribution in [0.15, 0.2) is 231 Å². The number of hydrogen-bond donors (Lipinski definition) is 0. The first kappa shape index (κ1) is 85.0. The number of para-hydroxylation sites is 8. The number of pyridine rings is 2. The van der Waals surface area contributed by atoms with Crippen molar-refractivity contribution in [2.24, 2.45) is 23.7 Å². The van der Waals surface area contributed by atoms with Crippen molar-refractivity contribution in [2.45, 2.75) is 255 Å². The number of fused-ring (bicyclic) bond motifs is 7. The van der Waals surface area contributed by atoms with Gasteiger partial charge in [-0.2, -0.15) is 0 Å². The Labute approximate surface area is 685 Å². The van der Waals surface area contributed by atoms with Crippen LogP contribution in [-0.2, 0) is 27.1 Å². The van der Waals surface area contributed by atoms with Crippen LogP contribution < -0.4 is 24.5 Å². The second-order valence-corrected chi connectivity index (χ2v) is 34.0. The lowest BCUT2D eigenvalue weighted by Crippen LogP contribution is -2.57. The van der Waals surface area contributed by atoms with E-state index in [1.807, 2.05) is 87.7 Å². The Balaban J connectivity index is 0.000000136. The molecule has 7 heterocycles. The van der Waals surface area contributed by atoms with Crippen LogP contribution in [0.25, 0.3) is 0 Å². The van der Waals surface area contributed by atoms with Crippen LogP contribution >= 0.6 is 0 Å². The maximum Gasteiger partial charge on any atom is 0.136 e. The third-order valence-corrected chi connectivity index (χ3v) is 26.5. The van der Waals surface area contributed by atoms with Gasteiger partial charge in [0.15, 0.2) is 0 Å². The van der Waals surface area contributed by atoms with Crippen LogP contribution in [0.2, 0.25) is 0 Å². The van der Waals surface area contributed by atoms with Crippen molar-refractivity contribution in [3.8, 4) is 0 Å². The summed E-state index contributed by atoms with van der Waals surface area (Å²) >= 11 is 0. The molecule has 0 amide bonds. The predicted octanol–water partition coefficient (Wildman–Crippen LogP) is 29.3. The van der Waals surface area contributed by atoms with E-state index in [-0.39, 0.29) is 10.8 Å². The smallest absolute Gasteiger partial charge is 0.136 e. The van der Waals surface area contributed by atoms with Gasteiger partial charge >= 0.3 is 0 Å². The van der Waals surface area contributed by atoms with Crippen LogP contribution in [0.4, 0.5) is 57.1 Å². The molecule has 4 bridgehead atoms. The molecule has 11 aliphatic rings. The molecular weight excluding hydrogens is 1370 g/mol. The number of rotatable bonds is 5. The quantitative estimate of drug-likeness (QED) is 0.170. The molecule has 5 aliphatic heterocycles. The van der Waals surface area contributed by atoms with Gasteiger partial charge < -0.3 is 24.5 Å². The van der Waals surface area contributed by atoms with Crippen molar-refractivity contribution >= 4 is 57.1 Å². The first-order valence-electron chi connectivity index (χ1n) is 44.4. The van der Waals surface area contributed by atoms with Crippen LogP contribution in [0, 0.1) is 58.3 Å². The van der Waals surface area contributed by atoms with Gasteiger partial charge in [0, 0.05) is 129 Å². The zero-order valence-corrected chi connectivity index (χ0v) is 73.0. The van der Waals surface area contributed by atoms with Gasteiger partial charge in [0.2, 0.25) is 0 Å². The highest BCUT2D eigenvalue weighted by molar-refractivity contribution is 5.79. The summed E-state index contributed by atoms with van der Waals surface area (Å²) in [7, 11) is 0. The monoisotopic (exact) mass is 1510 g/mol. The molecule has 8 aromatic carbocycles.